The maximum absolute atomic E-state index is 12.8. The number of halogens is 3. The molecule has 0 spiro atoms. The first kappa shape index (κ1) is 17.8. The van der Waals surface area contributed by atoms with Crippen LogP contribution in [0.4, 0.5) is 18.0 Å². The normalized spacial score (nSPS) is 12.8. The van der Waals surface area contributed by atoms with Crippen LogP contribution in [0, 0.1) is 6.92 Å². The fourth-order valence-corrected chi connectivity index (χ4v) is 2.17. The third-order valence-electron chi connectivity index (χ3n) is 3.48. The van der Waals surface area contributed by atoms with Crippen molar-refractivity contribution in [1.29, 1.82) is 0 Å². The van der Waals surface area contributed by atoms with Gasteiger partial charge in [0.2, 0.25) is 0 Å². The second-order valence-electron chi connectivity index (χ2n) is 5.58. The van der Waals surface area contributed by atoms with Gasteiger partial charge in [0.25, 0.3) is 0 Å². The summed E-state index contributed by atoms with van der Waals surface area (Å²) in [7, 11) is 1.57. The lowest BCUT2D eigenvalue weighted by molar-refractivity contribution is -0.137. The lowest BCUT2D eigenvalue weighted by Crippen LogP contribution is -2.38. The Balaban J connectivity index is 2.00. The number of alkyl halides is 3. The standard InChI is InChI=1S/C16H18F3N3O2/c1-10-7-14(21-24-10)9-22(3)15(23)20-11(2)12-5-4-6-13(8-12)16(17,18)19/h4-8,11H,9H2,1-3H3,(H,20,23)/t11-/m1/s1. The van der Waals surface area contributed by atoms with Gasteiger partial charge in [0.1, 0.15) is 11.5 Å². The van der Waals surface area contributed by atoms with Crippen LogP contribution >= 0.6 is 0 Å². The lowest BCUT2D eigenvalue weighted by atomic mass is 10.1. The number of aryl methyl sites for hydroxylation is 1. The Morgan fingerprint density at radius 3 is 2.67 bits per heavy atom. The highest BCUT2D eigenvalue weighted by molar-refractivity contribution is 5.74. The molecule has 1 atom stereocenters. The van der Waals surface area contributed by atoms with Crippen molar-refractivity contribution in [2.24, 2.45) is 0 Å². The highest BCUT2D eigenvalue weighted by Crippen LogP contribution is 2.30. The molecule has 5 nitrogen and oxygen atoms in total. The van der Waals surface area contributed by atoms with Crippen molar-refractivity contribution in [3.8, 4) is 0 Å². The molecule has 8 heteroatoms. The number of nitrogens with zero attached hydrogens (tertiary/aromatic N) is 2. The van der Waals surface area contributed by atoms with Gasteiger partial charge in [-0.3, -0.25) is 0 Å². The Hall–Kier alpha value is -2.51. The van der Waals surface area contributed by atoms with Crippen molar-refractivity contribution < 1.29 is 22.5 Å². The van der Waals surface area contributed by atoms with Crippen LogP contribution < -0.4 is 5.32 Å². The molecule has 1 N–H and O–H groups in total. The van der Waals surface area contributed by atoms with E-state index in [2.05, 4.69) is 10.5 Å². The van der Waals surface area contributed by atoms with E-state index >= 15 is 0 Å². The molecule has 0 aliphatic carbocycles. The number of urea groups is 1. The van der Waals surface area contributed by atoms with E-state index < -0.39 is 23.8 Å². The second kappa shape index (κ2) is 6.94. The molecule has 0 aliphatic heterocycles. The molecule has 1 heterocycles. The molecule has 0 fully saturated rings. The fraction of sp³-hybridized carbons (Fsp3) is 0.375. The highest BCUT2D eigenvalue weighted by Gasteiger charge is 2.30. The number of aromatic nitrogens is 1. The van der Waals surface area contributed by atoms with Crippen molar-refractivity contribution >= 4 is 6.03 Å². The summed E-state index contributed by atoms with van der Waals surface area (Å²) in [6.45, 7) is 3.60. The van der Waals surface area contributed by atoms with Crippen molar-refractivity contribution in [3.05, 3.63) is 52.9 Å². The first-order valence-electron chi connectivity index (χ1n) is 7.28. The number of nitrogens with one attached hydrogen (secondary N) is 1. The van der Waals surface area contributed by atoms with E-state index in [1.165, 1.54) is 11.0 Å². The van der Waals surface area contributed by atoms with Gasteiger partial charge in [-0.2, -0.15) is 13.2 Å². The molecular weight excluding hydrogens is 323 g/mol. The number of amides is 2. The van der Waals surface area contributed by atoms with Crippen molar-refractivity contribution in [3.63, 3.8) is 0 Å². The Bertz CT molecular complexity index is 713. The molecular formula is C16H18F3N3O2. The Morgan fingerprint density at radius 2 is 2.08 bits per heavy atom. The predicted molar refractivity (Wildman–Crippen MR) is 81.1 cm³/mol. The predicted octanol–water partition coefficient (Wildman–Crippen LogP) is 3.90. The molecule has 0 radical (unpaired) electrons. The minimum atomic E-state index is -4.42. The molecule has 0 saturated carbocycles. The number of carbonyl (C=O) groups is 1. The van der Waals surface area contributed by atoms with Crippen molar-refractivity contribution in [1.82, 2.24) is 15.4 Å². The minimum absolute atomic E-state index is 0.235. The summed E-state index contributed by atoms with van der Waals surface area (Å²) < 4.78 is 43.2. The maximum atomic E-state index is 12.8. The molecule has 2 amide bonds. The molecule has 1 aromatic heterocycles. The summed E-state index contributed by atoms with van der Waals surface area (Å²) in [4.78, 5) is 13.5. The summed E-state index contributed by atoms with van der Waals surface area (Å²) in [5.41, 5.74) is 0.230. The number of carbonyl (C=O) groups excluding carboxylic acids is 1. The van der Waals surface area contributed by atoms with Crippen LogP contribution in [0.3, 0.4) is 0 Å². The third kappa shape index (κ3) is 4.50. The second-order valence-corrected chi connectivity index (χ2v) is 5.58. The van der Waals surface area contributed by atoms with Crippen LogP contribution in [-0.4, -0.2) is 23.1 Å². The van der Waals surface area contributed by atoms with Crippen LogP contribution in [0.1, 0.15) is 35.5 Å². The van der Waals surface area contributed by atoms with E-state index in [1.54, 1.807) is 33.0 Å². The maximum Gasteiger partial charge on any atom is 0.416 e. The quantitative estimate of drug-likeness (QED) is 0.917. The fourth-order valence-electron chi connectivity index (χ4n) is 2.17. The first-order chi connectivity index (χ1) is 11.2. The molecule has 2 rings (SSSR count). The Kier molecular flexibility index (Phi) is 5.16. The summed E-state index contributed by atoms with van der Waals surface area (Å²) >= 11 is 0. The van der Waals surface area contributed by atoms with E-state index in [-0.39, 0.29) is 6.54 Å². The van der Waals surface area contributed by atoms with Gasteiger partial charge in [-0.05, 0) is 31.5 Å². The molecule has 0 unspecified atom stereocenters. The lowest BCUT2D eigenvalue weighted by Gasteiger charge is -2.21. The zero-order valence-corrected chi connectivity index (χ0v) is 13.5. The average Bonchev–Trinajstić information content (AvgIpc) is 2.91. The monoisotopic (exact) mass is 341 g/mol. The van der Waals surface area contributed by atoms with Crippen molar-refractivity contribution in [2.45, 2.75) is 32.6 Å². The SMILES string of the molecule is Cc1cc(CN(C)C(=O)N[C@H](C)c2cccc(C(F)(F)F)c2)no1. The van der Waals surface area contributed by atoms with Crippen LogP contribution in [-0.2, 0) is 12.7 Å². The molecule has 0 saturated heterocycles. The number of benzene rings is 1. The molecule has 0 bridgehead atoms. The highest BCUT2D eigenvalue weighted by atomic mass is 19.4. The van der Waals surface area contributed by atoms with Crippen LogP contribution in [0.5, 0.6) is 0 Å². The van der Waals surface area contributed by atoms with E-state index in [1.807, 2.05) is 0 Å². The van der Waals surface area contributed by atoms with Gasteiger partial charge in [0.05, 0.1) is 18.2 Å². The van der Waals surface area contributed by atoms with Gasteiger partial charge in [0, 0.05) is 13.1 Å². The topological polar surface area (TPSA) is 58.4 Å². The van der Waals surface area contributed by atoms with Gasteiger partial charge >= 0.3 is 12.2 Å². The summed E-state index contributed by atoms with van der Waals surface area (Å²) in [5.74, 6) is 0.635. The zero-order valence-electron chi connectivity index (χ0n) is 13.5. The Morgan fingerprint density at radius 1 is 1.38 bits per heavy atom. The third-order valence-corrected chi connectivity index (χ3v) is 3.48. The minimum Gasteiger partial charge on any atom is -0.361 e. The van der Waals surface area contributed by atoms with E-state index in [9.17, 15) is 18.0 Å². The molecule has 1 aromatic carbocycles. The van der Waals surface area contributed by atoms with Gasteiger partial charge in [-0.15, -0.1) is 0 Å². The Labute approximate surface area is 137 Å². The zero-order chi connectivity index (χ0) is 17.9. The van der Waals surface area contributed by atoms with Gasteiger partial charge in [-0.1, -0.05) is 17.3 Å². The van der Waals surface area contributed by atoms with E-state index in [4.69, 9.17) is 4.52 Å². The van der Waals surface area contributed by atoms with Crippen LogP contribution in [0.2, 0.25) is 0 Å². The number of hydrogen-bond donors (Lipinski definition) is 1. The molecule has 24 heavy (non-hydrogen) atoms. The molecule has 2 aromatic rings. The number of rotatable bonds is 4. The van der Waals surface area contributed by atoms with Crippen LogP contribution in [0.25, 0.3) is 0 Å². The largest absolute Gasteiger partial charge is 0.416 e. The summed E-state index contributed by atoms with van der Waals surface area (Å²) in [6.07, 6.45) is -4.42. The smallest absolute Gasteiger partial charge is 0.361 e. The van der Waals surface area contributed by atoms with Gasteiger partial charge < -0.3 is 14.7 Å². The summed E-state index contributed by atoms with van der Waals surface area (Å²) in [5, 5.41) is 6.46. The molecule has 130 valence electrons. The number of hydrogen-bond acceptors (Lipinski definition) is 3. The average molecular weight is 341 g/mol. The first-order valence-corrected chi connectivity index (χ1v) is 7.28. The summed E-state index contributed by atoms with van der Waals surface area (Å²) in [6, 6.07) is 5.62. The van der Waals surface area contributed by atoms with Crippen LogP contribution in [0.15, 0.2) is 34.9 Å². The van der Waals surface area contributed by atoms with E-state index in [0.717, 1.165) is 12.1 Å². The van der Waals surface area contributed by atoms with E-state index in [0.29, 0.717) is 17.0 Å². The van der Waals surface area contributed by atoms with Gasteiger partial charge in [-0.25, -0.2) is 4.79 Å². The van der Waals surface area contributed by atoms with Gasteiger partial charge in [0.15, 0.2) is 0 Å². The molecule has 0 aliphatic rings. The van der Waals surface area contributed by atoms with Crippen molar-refractivity contribution in [2.75, 3.05) is 7.05 Å².